The number of aliphatic hydroxyl groups excluding tert-OH is 1. The Morgan fingerprint density at radius 3 is 2.47 bits per heavy atom. The Labute approximate surface area is 206 Å². The second-order valence-corrected chi connectivity index (χ2v) is 9.90. The van der Waals surface area contributed by atoms with Crippen LogP contribution in [-0.2, 0) is 12.0 Å². The number of rotatable bonds is 9. The molecule has 0 saturated heterocycles. The lowest BCUT2D eigenvalue weighted by Crippen LogP contribution is -2.43. The highest BCUT2D eigenvalue weighted by molar-refractivity contribution is 6.32. The lowest BCUT2D eigenvalue weighted by molar-refractivity contribution is 0.0732. The smallest absolute Gasteiger partial charge is 0.265 e. The quantitative estimate of drug-likeness (QED) is 0.374. The van der Waals surface area contributed by atoms with Crippen molar-refractivity contribution in [3.63, 3.8) is 0 Å². The summed E-state index contributed by atoms with van der Waals surface area (Å²) >= 11 is 6.27. The number of aromatic amines is 1. The Hall–Kier alpha value is -2.87. The number of halogens is 1. The first-order valence-electron chi connectivity index (χ1n) is 11.3. The summed E-state index contributed by atoms with van der Waals surface area (Å²) in [6.45, 7) is 10.8. The third-order valence-electron chi connectivity index (χ3n) is 5.11. The van der Waals surface area contributed by atoms with Crippen molar-refractivity contribution in [3.05, 3.63) is 70.6 Å². The van der Waals surface area contributed by atoms with Crippen LogP contribution >= 0.6 is 11.6 Å². The van der Waals surface area contributed by atoms with Crippen LogP contribution in [0, 0.1) is 0 Å². The lowest BCUT2D eigenvalue weighted by atomic mass is 9.96. The normalized spacial score (nSPS) is 11.8. The van der Waals surface area contributed by atoms with Gasteiger partial charge in [0.1, 0.15) is 11.6 Å². The number of nitrogens with one attached hydrogen (secondary N) is 2. The number of ether oxygens (including phenoxy) is 1. The first-order chi connectivity index (χ1) is 16.1. The molecule has 0 spiro atoms. The monoisotopic (exact) mass is 484 g/mol. The van der Waals surface area contributed by atoms with Gasteiger partial charge in [-0.25, -0.2) is 9.99 Å². The molecule has 3 rings (SSSR count). The van der Waals surface area contributed by atoms with E-state index in [0.29, 0.717) is 22.9 Å². The molecule has 0 unspecified atom stereocenters. The molecule has 0 aliphatic rings. The Bertz CT molecular complexity index is 1100. The van der Waals surface area contributed by atoms with Gasteiger partial charge in [0.25, 0.3) is 5.91 Å². The van der Waals surface area contributed by atoms with E-state index >= 15 is 0 Å². The van der Waals surface area contributed by atoms with Crippen molar-refractivity contribution in [2.75, 3.05) is 13.2 Å². The summed E-state index contributed by atoms with van der Waals surface area (Å²) in [5.74, 6) is 1.16. The number of benzene rings is 2. The molecular formula is C26H33ClN4O3. The van der Waals surface area contributed by atoms with Crippen molar-refractivity contribution in [2.45, 2.75) is 52.7 Å². The van der Waals surface area contributed by atoms with Crippen molar-refractivity contribution < 1.29 is 14.6 Å². The van der Waals surface area contributed by atoms with Gasteiger partial charge in [0.2, 0.25) is 0 Å². The summed E-state index contributed by atoms with van der Waals surface area (Å²) in [5.41, 5.74) is 6.20. The maximum atomic E-state index is 12.8. The molecule has 7 nitrogen and oxygen atoms in total. The molecule has 34 heavy (non-hydrogen) atoms. The van der Waals surface area contributed by atoms with Crippen LogP contribution < -0.4 is 10.2 Å². The molecule has 0 atom stereocenters. The Kier molecular flexibility index (Phi) is 8.36. The number of imidazole rings is 1. The summed E-state index contributed by atoms with van der Waals surface area (Å²) < 4.78 is 5.62. The number of aliphatic hydroxyl groups is 1. The van der Waals surface area contributed by atoms with E-state index in [1.807, 2.05) is 44.3 Å². The second-order valence-electron chi connectivity index (χ2n) is 9.49. The Morgan fingerprint density at radius 2 is 1.91 bits per heavy atom. The number of hydrogen-bond donors (Lipinski definition) is 3. The summed E-state index contributed by atoms with van der Waals surface area (Å²) in [6, 6.07) is 13.0. The van der Waals surface area contributed by atoms with E-state index in [2.05, 4.69) is 36.2 Å². The first-order valence-corrected chi connectivity index (χ1v) is 11.7. The fraction of sp³-hybridized carbons (Fsp3) is 0.385. The molecule has 1 amide bonds. The zero-order valence-electron chi connectivity index (χ0n) is 20.4. The SMILES string of the molecule is CC(C)Oc1ccc(C(=O)NN(CCO)Cc2ccc(-c3cnc(C(C)(C)C)[nH]3)cc2)cc1Cl. The van der Waals surface area contributed by atoms with Crippen LogP contribution in [0.2, 0.25) is 5.02 Å². The van der Waals surface area contributed by atoms with Gasteiger partial charge in [-0.15, -0.1) is 0 Å². The van der Waals surface area contributed by atoms with Gasteiger partial charge in [-0.05, 0) is 43.2 Å². The Balaban J connectivity index is 1.67. The van der Waals surface area contributed by atoms with Crippen LogP contribution in [0.4, 0.5) is 0 Å². The van der Waals surface area contributed by atoms with Crippen LogP contribution in [0.25, 0.3) is 11.3 Å². The number of H-pyrrole nitrogens is 1. The highest BCUT2D eigenvalue weighted by Gasteiger charge is 2.18. The van der Waals surface area contributed by atoms with Gasteiger partial charge >= 0.3 is 0 Å². The predicted octanol–water partition coefficient (Wildman–Crippen LogP) is 4.95. The van der Waals surface area contributed by atoms with Crippen molar-refractivity contribution in [1.29, 1.82) is 0 Å². The summed E-state index contributed by atoms with van der Waals surface area (Å²) in [4.78, 5) is 20.7. The minimum Gasteiger partial charge on any atom is -0.489 e. The van der Waals surface area contributed by atoms with Crippen molar-refractivity contribution in [3.8, 4) is 17.0 Å². The molecular weight excluding hydrogens is 452 g/mol. The third kappa shape index (κ3) is 6.82. The molecule has 8 heteroatoms. The van der Waals surface area contributed by atoms with Gasteiger partial charge in [0.15, 0.2) is 0 Å². The van der Waals surface area contributed by atoms with Gasteiger partial charge in [-0.2, -0.15) is 0 Å². The van der Waals surface area contributed by atoms with Crippen molar-refractivity contribution >= 4 is 17.5 Å². The van der Waals surface area contributed by atoms with E-state index < -0.39 is 0 Å². The molecule has 3 aromatic rings. The maximum absolute atomic E-state index is 12.8. The molecule has 0 aliphatic heterocycles. The number of hydrazine groups is 1. The summed E-state index contributed by atoms with van der Waals surface area (Å²) in [6.07, 6.45) is 1.83. The third-order valence-corrected chi connectivity index (χ3v) is 5.41. The lowest BCUT2D eigenvalue weighted by Gasteiger charge is -2.23. The standard InChI is InChI=1S/C26H33ClN4O3/c1-17(2)34-23-11-10-20(14-21(23)27)24(33)30-31(12-13-32)16-18-6-8-19(9-7-18)22-15-28-25(29-22)26(3,4)5/h6-11,14-15,17,32H,12-13,16H2,1-5H3,(H,28,29)(H,30,33). The molecule has 1 heterocycles. The van der Waals surface area contributed by atoms with Crippen molar-refractivity contribution in [1.82, 2.24) is 20.4 Å². The average molecular weight is 485 g/mol. The molecule has 2 aromatic carbocycles. The van der Waals surface area contributed by atoms with E-state index in [4.69, 9.17) is 16.3 Å². The highest BCUT2D eigenvalue weighted by atomic mass is 35.5. The van der Waals surface area contributed by atoms with Gasteiger partial charge in [0, 0.05) is 24.1 Å². The fourth-order valence-electron chi connectivity index (χ4n) is 3.35. The highest BCUT2D eigenvalue weighted by Crippen LogP contribution is 2.27. The van der Waals surface area contributed by atoms with E-state index in [1.54, 1.807) is 23.2 Å². The van der Waals surface area contributed by atoms with Crippen LogP contribution in [0.1, 0.15) is 56.4 Å². The number of hydrogen-bond acceptors (Lipinski definition) is 5. The maximum Gasteiger partial charge on any atom is 0.265 e. The van der Waals surface area contributed by atoms with Crippen LogP contribution in [-0.4, -0.2) is 45.2 Å². The topological polar surface area (TPSA) is 90.5 Å². The fourth-order valence-corrected chi connectivity index (χ4v) is 3.58. The zero-order valence-corrected chi connectivity index (χ0v) is 21.1. The zero-order chi connectivity index (χ0) is 24.9. The van der Waals surface area contributed by atoms with Gasteiger partial charge in [0.05, 0.1) is 29.6 Å². The van der Waals surface area contributed by atoms with E-state index in [9.17, 15) is 9.90 Å². The molecule has 182 valence electrons. The molecule has 0 radical (unpaired) electrons. The molecule has 1 aromatic heterocycles. The van der Waals surface area contributed by atoms with Crippen LogP contribution in [0.15, 0.2) is 48.7 Å². The number of amides is 1. The number of carbonyl (C=O) groups excluding carboxylic acids is 1. The van der Waals surface area contributed by atoms with Gasteiger partial charge in [-0.1, -0.05) is 56.6 Å². The first kappa shape index (κ1) is 25.7. The second kappa shape index (κ2) is 11.0. The van der Waals surface area contributed by atoms with E-state index in [1.165, 1.54) is 0 Å². The summed E-state index contributed by atoms with van der Waals surface area (Å²) in [5, 5.41) is 11.5. The van der Waals surface area contributed by atoms with Crippen LogP contribution in [0.3, 0.4) is 0 Å². The van der Waals surface area contributed by atoms with E-state index in [0.717, 1.165) is 22.6 Å². The number of nitrogens with zero attached hydrogens (tertiary/aromatic N) is 2. The largest absolute Gasteiger partial charge is 0.489 e. The van der Waals surface area contributed by atoms with Gasteiger partial charge < -0.3 is 14.8 Å². The minimum absolute atomic E-state index is 0.0163. The number of carbonyl (C=O) groups is 1. The molecule has 3 N–H and O–H groups in total. The number of aromatic nitrogens is 2. The van der Waals surface area contributed by atoms with E-state index in [-0.39, 0.29) is 30.6 Å². The molecule has 0 bridgehead atoms. The predicted molar refractivity (Wildman–Crippen MR) is 135 cm³/mol. The minimum atomic E-state index is -0.310. The van der Waals surface area contributed by atoms with Crippen molar-refractivity contribution in [2.24, 2.45) is 0 Å². The molecule has 0 saturated carbocycles. The molecule has 0 aliphatic carbocycles. The van der Waals surface area contributed by atoms with Crippen LogP contribution in [0.5, 0.6) is 5.75 Å². The average Bonchev–Trinajstić information content (AvgIpc) is 3.26. The summed E-state index contributed by atoms with van der Waals surface area (Å²) in [7, 11) is 0. The molecule has 0 fully saturated rings. The Morgan fingerprint density at radius 1 is 1.21 bits per heavy atom. The van der Waals surface area contributed by atoms with Gasteiger partial charge in [-0.3, -0.25) is 10.2 Å².